The molecule has 1 N–H and O–H groups in total. The SMILES string of the molecule is CCC(C(=O)NC(C)C)N(CCc1ccccc1)C(=O)CN(c1ccc(C)cc1)S(=O)(=O)c1ccc(F)cc1. The Morgan fingerprint density at radius 3 is 2.10 bits per heavy atom. The number of carbonyl (C=O) groups is 2. The molecule has 0 saturated carbocycles. The monoisotopic (exact) mass is 553 g/mol. The van der Waals surface area contributed by atoms with E-state index in [-0.39, 0.29) is 23.4 Å². The fourth-order valence-electron chi connectivity index (χ4n) is 4.25. The van der Waals surface area contributed by atoms with Crippen LogP contribution in [0.5, 0.6) is 0 Å². The van der Waals surface area contributed by atoms with Crippen LogP contribution in [0.2, 0.25) is 0 Å². The molecule has 1 unspecified atom stereocenters. The highest BCUT2D eigenvalue weighted by atomic mass is 32.2. The minimum Gasteiger partial charge on any atom is -0.352 e. The maximum atomic E-state index is 13.9. The zero-order valence-electron chi connectivity index (χ0n) is 22.8. The predicted octanol–water partition coefficient (Wildman–Crippen LogP) is 4.70. The van der Waals surface area contributed by atoms with E-state index in [4.69, 9.17) is 0 Å². The van der Waals surface area contributed by atoms with E-state index in [0.717, 1.165) is 27.6 Å². The summed E-state index contributed by atoms with van der Waals surface area (Å²) >= 11 is 0. The van der Waals surface area contributed by atoms with Crippen LogP contribution in [-0.2, 0) is 26.0 Å². The summed E-state index contributed by atoms with van der Waals surface area (Å²) in [4.78, 5) is 28.4. The van der Waals surface area contributed by atoms with Crippen molar-refractivity contribution in [1.29, 1.82) is 0 Å². The Balaban J connectivity index is 2.00. The third kappa shape index (κ3) is 7.89. The minimum absolute atomic E-state index is 0.125. The molecule has 3 aromatic carbocycles. The van der Waals surface area contributed by atoms with Gasteiger partial charge in [0.2, 0.25) is 11.8 Å². The molecule has 9 heteroatoms. The van der Waals surface area contributed by atoms with Crippen LogP contribution >= 0.6 is 0 Å². The van der Waals surface area contributed by atoms with Gasteiger partial charge in [0.1, 0.15) is 18.4 Å². The van der Waals surface area contributed by atoms with Gasteiger partial charge in [0.25, 0.3) is 10.0 Å². The van der Waals surface area contributed by atoms with E-state index in [2.05, 4.69) is 5.32 Å². The first-order valence-corrected chi connectivity index (χ1v) is 14.5. The highest BCUT2D eigenvalue weighted by Gasteiger charge is 2.33. The molecule has 3 rings (SSSR count). The maximum Gasteiger partial charge on any atom is 0.264 e. The molecule has 0 aromatic heterocycles. The number of rotatable bonds is 12. The van der Waals surface area contributed by atoms with Crippen molar-refractivity contribution in [3.8, 4) is 0 Å². The average molecular weight is 554 g/mol. The van der Waals surface area contributed by atoms with Crippen LogP contribution in [-0.4, -0.2) is 50.3 Å². The maximum absolute atomic E-state index is 13.9. The summed E-state index contributed by atoms with van der Waals surface area (Å²) in [5.74, 6) is -1.37. The van der Waals surface area contributed by atoms with Gasteiger partial charge in [-0.1, -0.05) is 55.0 Å². The van der Waals surface area contributed by atoms with E-state index in [9.17, 15) is 22.4 Å². The standard InChI is InChI=1S/C30H36FN3O4S/c1-5-28(30(36)32-22(2)3)33(20-19-24-9-7-6-8-10-24)29(35)21-34(26-15-11-23(4)12-16-26)39(37,38)27-17-13-25(31)14-18-27/h6-18,22,28H,5,19-21H2,1-4H3,(H,32,36). The molecule has 0 saturated heterocycles. The molecule has 0 aliphatic rings. The van der Waals surface area contributed by atoms with E-state index in [1.54, 1.807) is 24.3 Å². The second-order valence-corrected chi connectivity index (χ2v) is 11.6. The van der Waals surface area contributed by atoms with Crippen molar-refractivity contribution >= 4 is 27.5 Å². The fourth-order valence-corrected chi connectivity index (χ4v) is 5.66. The molecule has 1 atom stereocenters. The third-order valence-corrected chi connectivity index (χ3v) is 8.09. The topological polar surface area (TPSA) is 86.8 Å². The molecule has 7 nitrogen and oxygen atoms in total. The van der Waals surface area contributed by atoms with Gasteiger partial charge >= 0.3 is 0 Å². The second-order valence-electron chi connectivity index (χ2n) is 9.71. The fraction of sp³-hybridized carbons (Fsp3) is 0.333. The van der Waals surface area contributed by atoms with Gasteiger partial charge in [0, 0.05) is 12.6 Å². The highest BCUT2D eigenvalue weighted by molar-refractivity contribution is 7.92. The molecule has 0 heterocycles. The van der Waals surface area contributed by atoms with Gasteiger partial charge in [-0.2, -0.15) is 0 Å². The predicted molar refractivity (Wildman–Crippen MR) is 151 cm³/mol. The summed E-state index contributed by atoms with van der Waals surface area (Å²) in [7, 11) is -4.23. The van der Waals surface area contributed by atoms with Gasteiger partial charge in [-0.05, 0) is 75.6 Å². The quantitative estimate of drug-likeness (QED) is 0.352. The first-order valence-electron chi connectivity index (χ1n) is 13.0. The number of carbonyl (C=O) groups excluding carboxylic acids is 2. The number of nitrogens with zero attached hydrogens (tertiary/aromatic N) is 2. The summed E-state index contributed by atoms with van der Waals surface area (Å²) < 4.78 is 42.1. The molecular weight excluding hydrogens is 517 g/mol. The lowest BCUT2D eigenvalue weighted by Gasteiger charge is -2.33. The Hall–Kier alpha value is -3.72. The molecule has 39 heavy (non-hydrogen) atoms. The smallest absolute Gasteiger partial charge is 0.264 e. The normalized spacial score (nSPS) is 12.2. The van der Waals surface area contributed by atoms with Crippen LogP contribution < -0.4 is 9.62 Å². The first kappa shape index (κ1) is 29.8. The molecule has 0 bridgehead atoms. The molecule has 3 aromatic rings. The molecule has 0 spiro atoms. The zero-order chi connectivity index (χ0) is 28.6. The number of anilines is 1. The van der Waals surface area contributed by atoms with Crippen LogP contribution in [0.15, 0.2) is 83.8 Å². The van der Waals surface area contributed by atoms with Gasteiger partial charge in [-0.15, -0.1) is 0 Å². The summed E-state index contributed by atoms with van der Waals surface area (Å²) in [5, 5.41) is 2.88. The lowest BCUT2D eigenvalue weighted by atomic mass is 10.1. The Labute approximate surface area is 230 Å². The summed E-state index contributed by atoms with van der Waals surface area (Å²) in [6.45, 7) is 7.08. The zero-order valence-corrected chi connectivity index (χ0v) is 23.6. The Kier molecular flexibility index (Phi) is 10.2. The number of nitrogens with one attached hydrogen (secondary N) is 1. The van der Waals surface area contributed by atoms with Gasteiger partial charge in [0.05, 0.1) is 10.6 Å². The van der Waals surface area contributed by atoms with Crippen molar-refractivity contribution in [2.45, 2.75) is 57.5 Å². The molecule has 0 aliphatic carbocycles. The van der Waals surface area contributed by atoms with Gasteiger partial charge in [-0.25, -0.2) is 12.8 Å². The average Bonchev–Trinajstić information content (AvgIpc) is 2.90. The number of aryl methyl sites for hydroxylation is 1. The number of halogens is 1. The molecule has 0 fully saturated rings. The van der Waals surface area contributed by atoms with Crippen molar-refractivity contribution in [3.05, 3.63) is 95.8 Å². The summed E-state index contributed by atoms with van der Waals surface area (Å²) in [6.07, 6.45) is 0.849. The number of hydrogen-bond acceptors (Lipinski definition) is 4. The van der Waals surface area contributed by atoms with E-state index < -0.39 is 34.3 Å². The van der Waals surface area contributed by atoms with Crippen molar-refractivity contribution < 1.29 is 22.4 Å². The van der Waals surface area contributed by atoms with E-state index in [1.165, 1.54) is 17.0 Å². The van der Waals surface area contributed by atoms with Crippen molar-refractivity contribution in [2.24, 2.45) is 0 Å². The number of hydrogen-bond donors (Lipinski definition) is 1. The minimum atomic E-state index is -4.23. The van der Waals surface area contributed by atoms with Crippen molar-refractivity contribution in [1.82, 2.24) is 10.2 Å². The molecule has 0 radical (unpaired) electrons. The summed E-state index contributed by atoms with van der Waals surface area (Å²) in [5.41, 5.74) is 2.20. The van der Waals surface area contributed by atoms with Crippen LogP contribution in [0.3, 0.4) is 0 Å². The Morgan fingerprint density at radius 2 is 1.54 bits per heavy atom. The van der Waals surface area contributed by atoms with E-state index in [0.29, 0.717) is 18.5 Å². The van der Waals surface area contributed by atoms with Gasteiger partial charge < -0.3 is 10.2 Å². The number of sulfonamides is 1. The summed E-state index contributed by atoms with van der Waals surface area (Å²) in [6, 6.07) is 19.9. The largest absolute Gasteiger partial charge is 0.352 e. The first-order chi connectivity index (χ1) is 18.5. The van der Waals surface area contributed by atoms with Crippen LogP contribution in [0, 0.1) is 12.7 Å². The van der Waals surface area contributed by atoms with E-state index in [1.807, 2.05) is 58.0 Å². The number of benzene rings is 3. The second kappa shape index (κ2) is 13.4. The number of amides is 2. The van der Waals surface area contributed by atoms with Crippen molar-refractivity contribution in [3.63, 3.8) is 0 Å². The molecule has 208 valence electrons. The van der Waals surface area contributed by atoms with Crippen LogP contribution in [0.25, 0.3) is 0 Å². The van der Waals surface area contributed by atoms with Crippen LogP contribution in [0.1, 0.15) is 38.3 Å². The Bertz CT molecular complexity index is 1350. The van der Waals surface area contributed by atoms with Gasteiger partial charge in [0.15, 0.2) is 0 Å². The molecule has 2 amide bonds. The lowest BCUT2D eigenvalue weighted by Crippen LogP contribution is -2.54. The third-order valence-electron chi connectivity index (χ3n) is 6.30. The van der Waals surface area contributed by atoms with Gasteiger partial charge in [-0.3, -0.25) is 13.9 Å². The lowest BCUT2D eigenvalue weighted by molar-refractivity contribution is -0.139. The van der Waals surface area contributed by atoms with Crippen molar-refractivity contribution in [2.75, 3.05) is 17.4 Å². The Morgan fingerprint density at radius 1 is 0.923 bits per heavy atom. The van der Waals surface area contributed by atoms with E-state index >= 15 is 0 Å². The van der Waals surface area contributed by atoms with Crippen LogP contribution in [0.4, 0.5) is 10.1 Å². The molecular formula is C30H36FN3O4S. The molecule has 0 aliphatic heterocycles. The highest BCUT2D eigenvalue weighted by Crippen LogP contribution is 2.25.